The first-order valence-corrected chi connectivity index (χ1v) is 5.36. The number of hydrogen-bond acceptors (Lipinski definition) is 3. The fourth-order valence-corrected chi connectivity index (χ4v) is 1.42. The third-order valence-corrected chi connectivity index (χ3v) is 2.34. The third-order valence-electron chi connectivity index (χ3n) is 2.34. The Morgan fingerprint density at radius 2 is 2.35 bits per heavy atom. The van der Waals surface area contributed by atoms with Gasteiger partial charge in [-0.2, -0.15) is 0 Å². The van der Waals surface area contributed by atoms with Gasteiger partial charge in [0.2, 0.25) is 0 Å². The number of aromatic amines is 1. The normalized spacial score (nSPS) is 10.0. The summed E-state index contributed by atoms with van der Waals surface area (Å²) in [5.74, 6) is -0.553. The lowest BCUT2D eigenvalue weighted by atomic mass is 10.1. The van der Waals surface area contributed by atoms with Crippen molar-refractivity contribution in [3.8, 4) is 0 Å². The van der Waals surface area contributed by atoms with Gasteiger partial charge in [0.25, 0.3) is 11.5 Å². The monoisotopic (exact) mass is 236 g/mol. The molecule has 0 fully saturated rings. The van der Waals surface area contributed by atoms with Gasteiger partial charge >= 0.3 is 0 Å². The Morgan fingerprint density at radius 3 is 2.94 bits per heavy atom. The molecule has 0 aliphatic heterocycles. The number of aromatic nitrogens is 1. The second-order valence-electron chi connectivity index (χ2n) is 3.55. The first-order valence-electron chi connectivity index (χ1n) is 5.36. The van der Waals surface area contributed by atoms with Crippen LogP contribution in [0.25, 0.3) is 0 Å². The topological polar surface area (TPSA) is 71.2 Å². The van der Waals surface area contributed by atoms with Crippen molar-refractivity contribution in [2.75, 3.05) is 6.61 Å². The van der Waals surface area contributed by atoms with Crippen LogP contribution in [0.5, 0.6) is 0 Å². The summed E-state index contributed by atoms with van der Waals surface area (Å²) in [6, 6.07) is 1.58. The van der Waals surface area contributed by atoms with E-state index < -0.39 is 11.5 Å². The predicted octanol–water partition coefficient (Wildman–Crippen LogP) is 1.09. The van der Waals surface area contributed by atoms with Crippen LogP contribution in [-0.4, -0.2) is 17.5 Å². The quantitative estimate of drug-likeness (QED) is 0.457. The molecule has 0 aliphatic rings. The summed E-state index contributed by atoms with van der Waals surface area (Å²) in [5.41, 5.74) is 3.52. The summed E-state index contributed by atoms with van der Waals surface area (Å²) in [6.45, 7) is 7.39. The van der Waals surface area contributed by atoms with Crippen LogP contribution in [-0.2, 0) is 11.3 Å². The Bertz CT molecular complexity index is 477. The zero-order chi connectivity index (χ0) is 12.8. The molecule has 92 valence electrons. The van der Waals surface area contributed by atoms with Gasteiger partial charge < -0.3 is 4.98 Å². The van der Waals surface area contributed by atoms with Crippen molar-refractivity contribution in [2.45, 2.75) is 20.3 Å². The van der Waals surface area contributed by atoms with Gasteiger partial charge in [0, 0.05) is 5.69 Å². The van der Waals surface area contributed by atoms with Crippen LogP contribution >= 0.6 is 0 Å². The van der Waals surface area contributed by atoms with Crippen molar-refractivity contribution < 1.29 is 9.63 Å². The maximum absolute atomic E-state index is 11.6. The molecule has 0 spiro atoms. The number of pyridine rings is 1. The van der Waals surface area contributed by atoms with Gasteiger partial charge in [-0.3, -0.25) is 14.4 Å². The highest BCUT2D eigenvalue weighted by molar-refractivity contribution is 5.93. The molecule has 0 saturated heterocycles. The molecule has 2 N–H and O–H groups in total. The van der Waals surface area contributed by atoms with Crippen LogP contribution in [0.3, 0.4) is 0 Å². The first-order chi connectivity index (χ1) is 8.10. The number of aryl methyl sites for hydroxylation is 2. The Morgan fingerprint density at radius 1 is 1.65 bits per heavy atom. The van der Waals surface area contributed by atoms with Crippen LogP contribution in [0.4, 0.5) is 0 Å². The Hall–Kier alpha value is -1.88. The van der Waals surface area contributed by atoms with E-state index in [0.29, 0.717) is 0 Å². The molecule has 0 atom stereocenters. The standard InChI is InChI=1S/C12H16N2O3/c1-4-6-17-14-12(16)10-7-9(5-2)8(3)13-11(10)15/h4,7H,1,5-6H2,2-3H3,(H,13,15)(H,14,16). The number of hydroxylamine groups is 1. The molecule has 5 heteroatoms. The van der Waals surface area contributed by atoms with E-state index in [1.165, 1.54) is 6.08 Å². The minimum absolute atomic E-state index is 0.0523. The van der Waals surface area contributed by atoms with Crippen LogP contribution in [0, 0.1) is 6.92 Å². The summed E-state index contributed by atoms with van der Waals surface area (Å²) in [4.78, 5) is 30.6. The number of carbonyl (C=O) groups excluding carboxylic acids is 1. The maximum atomic E-state index is 11.6. The highest BCUT2D eigenvalue weighted by atomic mass is 16.6. The highest BCUT2D eigenvalue weighted by Crippen LogP contribution is 2.05. The minimum Gasteiger partial charge on any atom is -0.326 e. The molecule has 17 heavy (non-hydrogen) atoms. The van der Waals surface area contributed by atoms with Gasteiger partial charge in [0.05, 0.1) is 6.61 Å². The van der Waals surface area contributed by atoms with Gasteiger partial charge in [0.15, 0.2) is 0 Å². The van der Waals surface area contributed by atoms with E-state index in [0.717, 1.165) is 17.7 Å². The van der Waals surface area contributed by atoms with E-state index in [-0.39, 0.29) is 12.2 Å². The lowest BCUT2D eigenvalue weighted by Gasteiger charge is -2.07. The number of hydrogen-bond donors (Lipinski definition) is 2. The van der Waals surface area contributed by atoms with Crippen molar-refractivity contribution in [3.63, 3.8) is 0 Å². The average Bonchev–Trinajstić information content (AvgIpc) is 2.29. The van der Waals surface area contributed by atoms with Crippen LogP contribution in [0.15, 0.2) is 23.5 Å². The van der Waals surface area contributed by atoms with E-state index in [9.17, 15) is 9.59 Å². The molecule has 1 aromatic rings. The van der Waals surface area contributed by atoms with Gasteiger partial charge in [-0.1, -0.05) is 13.0 Å². The number of H-pyrrole nitrogens is 1. The number of rotatable bonds is 5. The summed E-state index contributed by atoms with van der Waals surface area (Å²) < 4.78 is 0. The van der Waals surface area contributed by atoms with Crippen molar-refractivity contribution in [2.24, 2.45) is 0 Å². The second kappa shape index (κ2) is 6.00. The average molecular weight is 236 g/mol. The fraction of sp³-hybridized carbons (Fsp3) is 0.333. The van der Waals surface area contributed by atoms with E-state index in [1.54, 1.807) is 13.0 Å². The third kappa shape index (κ3) is 3.29. The number of amides is 1. The first kappa shape index (κ1) is 13.2. The summed E-state index contributed by atoms with van der Waals surface area (Å²) in [6.07, 6.45) is 2.24. The van der Waals surface area contributed by atoms with Crippen molar-refractivity contribution in [1.82, 2.24) is 10.5 Å². The van der Waals surface area contributed by atoms with Crippen molar-refractivity contribution in [3.05, 3.63) is 45.9 Å². The van der Waals surface area contributed by atoms with Gasteiger partial charge in [0.1, 0.15) is 5.56 Å². The molecule has 1 heterocycles. The molecule has 1 rings (SSSR count). The van der Waals surface area contributed by atoms with Crippen LogP contribution in [0.2, 0.25) is 0 Å². The summed E-state index contributed by atoms with van der Waals surface area (Å²) in [5, 5.41) is 0. The highest BCUT2D eigenvalue weighted by Gasteiger charge is 2.12. The minimum atomic E-state index is -0.553. The molecule has 0 bridgehead atoms. The molecule has 0 unspecified atom stereocenters. The zero-order valence-corrected chi connectivity index (χ0v) is 10.0. The largest absolute Gasteiger partial charge is 0.326 e. The van der Waals surface area contributed by atoms with Gasteiger partial charge in [-0.25, -0.2) is 5.48 Å². The smallest absolute Gasteiger partial charge is 0.280 e. The van der Waals surface area contributed by atoms with Gasteiger partial charge in [-0.15, -0.1) is 6.58 Å². The SMILES string of the molecule is C=CCONC(=O)c1cc(CC)c(C)[nH]c1=O. The Labute approximate surface area is 99.5 Å². The van der Waals surface area contributed by atoms with Crippen molar-refractivity contribution >= 4 is 5.91 Å². The molecule has 1 aromatic heterocycles. The second-order valence-corrected chi connectivity index (χ2v) is 3.55. The van der Waals surface area contributed by atoms with Gasteiger partial charge in [-0.05, 0) is 25.0 Å². The number of carbonyl (C=O) groups is 1. The van der Waals surface area contributed by atoms with E-state index in [4.69, 9.17) is 4.84 Å². The molecular formula is C12H16N2O3. The summed E-state index contributed by atoms with van der Waals surface area (Å²) in [7, 11) is 0. The summed E-state index contributed by atoms with van der Waals surface area (Å²) >= 11 is 0. The molecular weight excluding hydrogens is 220 g/mol. The molecule has 0 aliphatic carbocycles. The molecule has 0 aromatic carbocycles. The fourth-order valence-electron chi connectivity index (χ4n) is 1.42. The van der Waals surface area contributed by atoms with E-state index in [1.807, 2.05) is 6.92 Å². The number of nitrogens with one attached hydrogen (secondary N) is 2. The van der Waals surface area contributed by atoms with E-state index in [2.05, 4.69) is 17.0 Å². The molecule has 0 saturated carbocycles. The molecule has 5 nitrogen and oxygen atoms in total. The Kier molecular flexibility index (Phi) is 4.66. The Balaban J connectivity index is 2.93. The lowest BCUT2D eigenvalue weighted by Crippen LogP contribution is -2.30. The lowest BCUT2D eigenvalue weighted by molar-refractivity contribution is 0.0420. The zero-order valence-electron chi connectivity index (χ0n) is 10.0. The molecule has 0 radical (unpaired) electrons. The molecule has 1 amide bonds. The van der Waals surface area contributed by atoms with Crippen molar-refractivity contribution in [1.29, 1.82) is 0 Å². The van der Waals surface area contributed by atoms with Crippen LogP contribution in [0.1, 0.15) is 28.5 Å². The van der Waals surface area contributed by atoms with E-state index >= 15 is 0 Å². The predicted molar refractivity (Wildman–Crippen MR) is 64.8 cm³/mol. The maximum Gasteiger partial charge on any atom is 0.280 e. The van der Waals surface area contributed by atoms with Crippen LogP contribution < -0.4 is 11.0 Å².